The van der Waals surface area contributed by atoms with Gasteiger partial charge in [-0.1, -0.05) is 0 Å². The summed E-state index contributed by atoms with van der Waals surface area (Å²) in [7, 11) is 1.97. The monoisotopic (exact) mass is 333 g/mol. The molecule has 1 saturated heterocycles. The summed E-state index contributed by atoms with van der Waals surface area (Å²) in [6.45, 7) is 3.41. The van der Waals surface area contributed by atoms with Gasteiger partial charge in [-0.25, -0.2) is 0 Å². The van der Waals surface area contributed by atoms with E-state index in [2.05, 4.69) is 22.1 Å². The first-order valence-corrected chi connectivity index (χ1v) is 8.73. The van der Waals surface area contributed by atoms with E-state index in [1.54, 1.807) is 6.20 Å². The van der Waals surface area contributed by atoms with E-state index in [0.29, 0.717) is 25.3 Å². The smallest absolute Gasteiger partial charge is 0.253 e. The Labute approximate surface area is 143 Å². The topological polar surface area (TPSA) is 74.7 Å². The van der Waals surface area contributed by atoms with Crippen molar-refractivity contribution in [1.82, 2.24) is 15.2 Å². The third-order valence-corrected chi connectivity index (χ3v) is 5.53. The molecule has 2 heterocycles. The number of aliphatic hydroxyl groups excluding tert-OH is 1. The van der Waals surface area contributed by atoms with Crippen LogP contribution in [0.5, 0.6) is 0 Å². The van der Waals surface area contributed by atoms with Crippen LogP contribution in [0.1, 0.15) is 41.3 Å². The Kier molecular flexibility index (Phi) is 5.18. The number of carbonyl (C=O) groups excluding carboxylic acids is 1. The lowest BCUT2D eigenvalue weighted by Crippen LogP contribution is -2.65. The Hall–Kier alpha value is -1.50. The highest BCUT2D eigenvalue weighted by Crippen LogP contribution is 2.24. The van der Waals surface area contributed by atoms with Crippen molar-refractivity contribution in [3.63, 3.8) is 0 Å². The largest absolute Gasteiger partial charge is 0.394 e. The molecule has 1 aromatic rings. The van der Waals surface area contributed by atoms with Gasteiger partial charge in [0.2, 0.25) is 0 Å². The number of ether oxygens (including phenoxy) is 1. The molecule has 132 valence electrons. The van der Waals surface area contributed by atoms with Gasteiger partial charge in [-0.2, -0.15) is 0 Å². The summed E-state index contributed by atoms with van der Waals surface area (Å²) in [6, 6.07) is 0.203. The van der Waals surface area contributed by atoms with Crippen LogP contribution < -0.4 is 5.32 Å². The molecule has 0 bridgehead atoms. The molecule has 6 nitrogen and oxygen atoms in total. The number of aliphatic hydroxyl groups is 1. The zero-order chi connectivity index (χ0) is 17.2. The zero-order valence-corrected chi connectivity index (χ0v) is 14.5. The van der Waals surface area contributed by atoms with Crippen molar-refractivity contribution in [2.75, 3.05) is 33.4 Å². The molecule has 1 aliphatic carbocycles. The number of hydrogen-bond acceptors (Lipinski definition) is 5. The van der Waals surface area contributed by atoms with Crippen LogP contribution in [-0.2, 0) is 17.6 Å². The number of amides is 1. The summed E-state index contributed by atoms with van der Waals surface area (Å²) in [6.07, 6.45) is 7.75. The van der Waals surface area contributed by atoms with Gasteiger partial charge in [0.1, 0.15) is 0 Å². The van der Waals surface area contributed by atoms with Crippen molar-refractivity contribution in [3.05, 3.63) is 29.1 Å². The average molecular weight is 333 g/mol. The highest BCUT2D eigenvalue weighted by molar-refractivity contribution is 5.95. The maximum Gasteiger partial charge on any atom is 0.253 e. The number of pyridine rings is 1. The maximum absolute atomic E-state index is 12.7. The molecule has 24 heavy (non-hydrogen) atoms. The normalized spacial score (nSPS) is 27.5. The molecule has 2 N–H and O–H groups in total. The Bertz CT molecular complexity index is 607. The lowest BCUT2D eigenvalue weighted by Gasteiger charge is -2.47. The first kappa shape index (κ1) is 17.3. The van der Waals surface area contributed by atoms with Crippen molar-refractivity contribution >= 4 is 5.91 Å². The van der Waals surface area contributed by atoms with Gasteiger partial charge < -0.3 is 15.2 Å². The second-order valence-corrected chi connectivity index (χ2v) is 7.07. The van der Waals surface area contributed by atoms with Gasteiger partial charge in [-0.05, 0) is 50.8 Å². The standard InChI is InChI=1S/C18H27N3O3/c1-13-9-24-12-18(11-22,21(13)2)10-20-17(23)16-8-19-7-14-5-3-4-6-15(14)16/h7-8,13,22H,3-6,9-12H2,1-2H3,(H,20,23)/t13-,18+/m1/s1. The molecule has 6 heteroatoms. The minimum Gasteiger partial charge on any atom is -0.394 e. The summed E-state index contributed by atoms with van der Waals surface area (Å²) >= 11 is 0. The van der Waals surface area contributed by atoms with Gasteiger partial charge in [0.05, 0.1) is 30.9 Å². The first-order valence-electron chi connectivity index (χ1n) is 8.73. The molecular formula is C18H27N3O3. The maximum atomic E-state index is 12.7. The number of hydrogen-bond donors (Lipinski definition) is 2. The van der Waals surface area contributed by atoms with Gasteiger partial charge in [0.15, 0.2) is 0 Å². The fraction of sp³-hybridized carbons (Fsp3) is 0.667. The Morgan fingerprint density at radius 3 is 3.04 bits per heavy atom. The second-order valence-electron chi connectivity index (χ2n) is 7.07. The molecule has 1 fully saturated rings. The van der Waals surface area contributed by atoms with E-state index in [4.69, 9.17) is 4.74 Å². The van der Waals surface area contributed by atoms with E-state index in [-0.39, 0.29) is 18.6 Å². The van der Waals surface area contributed by atoms with Crippen molar-refractivity contribution < 1.29 is 14.6 Å². The number of aryl methyl sites for hydroxylation is 1. The number of likely N-dealkylation sites (N-methyl/N-ethyl adjacent to an activating group) is 1. The second kappa shape index (κ2) is 7.17. The molecule has 2 aliphatic rings. The van der Waals surface area contributed by atoms with Gasteiger partial charge in [-0.3, -0.25) is 14.7 Å². The van der Waals surface area contributed by atoms with E-state index in [1.807, 2.05) is 13.2 Å². The molecule has 0 spiro atoms. The Morgan fingerprint density at radius 1 is 1.46 bits per heavy atom. The SMILES string of the molecule is C[C@@H]1COC[C@@](CO)(CNC(=O)c2cncc3c2CCCC3)N1C. The van der Waals surface area contributed by atoms with E-state index >= 15 is 0 Å². The number of morpholine rings is 1. The van der Waals surface area contributed by atoms with Gasteiger partial charge in [0, 0.05) is 25.0 Å². The van der Waals surface area contributed by atoms with Crippen LogP contribution in [0.15, 0.2) is 12.4 Å². The zero-order valence-electron chi connectivity index (χ0n) is 14.5. The summed E-state index contributed by atoms with van der Waals surface area (Å²) in [5.74, 6) is -0.110. The van der Waals surface area contributed by atoms with Crippen molar-refractivity contribution in [3.8, 4) is 0 Å². The van der Waals surface area contributed by atoms with Crippen molar-refractivity contribution in [2.45, 2.75) is 44.2 Å². The fourth-order valence-corrected chi connectivity index (χ4v) is 3.68. The van der Waals surface area contributed by atoms with Crippen LogP contribution in [0.25, 0.3) is 0 Å². The highest BCUT2D eigenvalue weighted by atomic mass is 16.5. The molecule has 0 unspecified atom stereocenters. The van der Waals surface area contributed by atoms with E-state index in [9.17, 15) is 9.90 Å². The van der Waals surface area contributed by atoms with Gasteiger partial charge in [0.25, 0.3) is 5.91 Å². The number of nitrogens with zero attached hydrogens (tertiary/aromatic N) is 2. The molecule has 3 rings (SSSR count). The average Bonchev–Trinajstić information content (AvgIpc) is 2.62. The Morgan fingerprint density at radius 2 is 2.25 bits per heavy atom. The third-order valence-electron chi connectivity index (χ3n) is 5.53. The molecule has 0 saturated carbocycles. The lowest BCUT2D eigenvalue weighted by molar-refractivity contribution is -0.105. The predicted octanol–water partition coefficient (Wildman–Crippen LogP) is 0.772. The minimum absolute atomic E-state index is 0.0563. The number of fused-ring (bicyclic) bond motifs is 1. The summed E-state index contributed by atoms with van der Waals surface area (Å²) in [5.41, 5.74) is 2.42. The molecule has 0 aromatic carbocycles. The number of carbonyl (C=O) groups is 1. The van der Waals surface area contributed by atoms with Crippen LogP contribution in [0.3, 0.4) is 0 Å². The number of nitrogens with one attached hydrogen (secondary N) is 1. The summed E-state index contributed by atoms with van der Waals surface area (Å²) in [4.78, 5) is 19.1. The van der Waals surface area contributed by atoms with Crippen LogP contribution in [0.4, 0.5) is 0 Å². The molecule has 0 radical (unpaired) electrons. The van der Waals surface area contributed by atoms with E-state index < -0.39 is 5.54 Å². The predicted molar refractivity (Wildman–Crippen MR) is 91.1 cm³/mol. The first-order chi connectivity index (χ1) is 11.6. The molecular weight excluding hydrogens is 306 g/mol. The lowest BCUT2D eigenvalue weighted by atomic mass is 9.89. The summed E-state index contributed by atoms with van der Waals surface area (Å²) in [5, 5.41) is 12.9. The molecule has 1 aliphatic heterocycles. The Balaban J connectivity index is 1.73. The fourth-order valence-electron chi connectivity index (χ4n) is 3.68. The van der Waals surface area contributed by atoms with Crippen LogP contribution >= 0.6 is 0 Å². The number of rotatable bonds is 4. The van der Waals surface area contributed by atoms with Gasteiger partial charge in [-0.15, -0.1) is 0 Å². The molecule has 1 aromatic heterocycles. The third kappa shape index (κ3) is 3.18. The summed E-state index contributed by atoms with van der Waals surface area (Å²) < 4.78 is 5.62. The van der Waals surface area contributed by atoms with E-state index in [0.717, 1.165) is 31.2 Å². The van der Waals surface area contributed by atoms with Crippen molar-refractivity contribution in [1.29, 1.82) is 0 Å². The van der Waals surface area contributed by atoms with E-state index in [1.165, 1.54) is 5.56 Å². The minimum atomic E-state index is -0.574. The van der Waals surface area contributed by atoms with Crippen LogP contribution in [0, 0.1) is 0 Å². The molecule has 1 amide bonds. The van der Waals surface area contributed by atoms with Crippen molar-refractivity contribution in [2.24, 2.45) is 0 Å². The van der Waals surface area contributed by atoms with Crippen LogP contribution in [0.2, 0.25) is 0 Å². The highest BCUT2D eigenvalue weighted by Gasteiger charge is 2.40. The van der Waals surface area contributed by atoms with Crippen LogP contribution in [-0.4, -0.2) is 65.9 Å². The molecule has 2 atom stereocenters. The van der Waals surface area contributed by atoms with Gasteiger partial charge >= 0.3 is 0 Å². The quantitative estimate of drug-likeness (QED) is 0.851. The number of aromatic nitrogens is 1.